The number of para-hydroxylation sites is 1. The monoisotopic (exact) mass is 352 g/mol. The highest BCUT2D eigenvalue weighted by molar-refractivity contribution is 6.33. The van der Waals surface area contributed by atoms with E-state index in [-0.39, 0.29) is 11.9 Å². The van der Waals surface area contributed by atoms with Gasteiger partial charge in [0.2, 0.25) is 0 Å². The number of quaternary nitrogens is 1. The van der Waals surface area contributed by atoms with Gasteiger partial charge in [-0.25, -0.2) is 0 Å². The molecule has 24 heavy (non-hydrogen) atoms. The Morgan fingerprint density at radius 3 is 2.50 bits per heavy atom. The van der Waals surface area contributed by atoms with Crippen molar-refractivity contribution in [3.8, 4) is 0 Å². The van der Waals surface area contributed by atoms with Crippen molar-refractivity contribution in [3.63, 3.8) is 0 Å². The van der Waals surface area contributed by atoms with Crippen LogP contribution in [0.25, 0.3) is 0 Å². The van der Waals surface area contributed by atoms with E-state index in [0.717, 1.165) is 49.7 Å². The van der Waals surface area contributed by atoms with Gasteiger partial charge in [-0.15, -0.1) is 0 Å². The molecular weight excluding hydrogens is 322 g/mol. The van der Waals surface area contributed by atoms with E-state index in [1.807, 2.05) is 18.2 Å². The summed E-state index contributed by atoms with van der Waals surface area (Å²) in [6, 6.07) is 8.24. The number of carbonyl (C=O) groups is 1. The SMILES string of the molecule is CC(C)CC[C@H](C)NC(=O)C[NH+]1CCN(c2ccccc2Cl)CC1. The lowest BCUT2D eigenvalue weighted by Crippen LogP contribution is -3.16. The number of carbonyl (C=O) groups excluding carboxylic acids is 1. The summed E-state index contributed by atoms with van der Waals surface area (Å²) in [6.07, 6.45) is 2.21. The van der Waals surface area contributed by atoms with E-state index in [2.05, 4.69) is 37.1 Å². The third-order valence-electron chi connectivity index (χ3n) is 4.66. The quantitative estimate of drug-likeness (QED) is 0.787. The van der Waals surface area contributed by atoms with Gasteiger partial charge in [0.1, 0.15) is 0 Å². The van der Waals surface area contributed by atoms with Gasteiger partial charge in [-0.05, 0) is 37.8 Å². The fourth-order valence-electron chi connectivity index (χ4n) is 3.16. The molecule has 0 radical (unpaired) electrons. The van der Waals surface area contributed by atoms with Crippen molar-refractivity contribution in [1.82, 2.24) is 5.32 Å². The fraction of sp³-hybridized carbons (Fsp3) is 0.632. The molecule has 1 aliphatic rings. The van der Waals surface area contributed by atoms with E-state index in [4.69, 9.17) is 11.6 Å². The van der Waals surface area contributed by atoms with E-state index >= 15 is 0 Å². The second-order valence-corrected chi connectivity index (χ2v) is 7.71. The smallest absolute Gasteiger partial charge is 0.275 e. The minimum absolute atomic E-state index is 0.174. The molecule has 2 N–H and O–H groups in total. The molecule has 1 saturated heterocycles. The molecule has 1 aliphatic heterocycles. The van der Waals surface area contributed by atoms with E-state index in [1.165, 1.54) is 4.90 Å². The first-order valence-electron chi connectivity index (χ1n) is 9.08. The Hall–Kier alpha value is -1.26. The summed E-state index contributed by atoms with van der Waals surface area (Å²) in [5, 5.41) is 3.94. The van der Waals surface area contributed by atoms with Gasteiger partial charge in [-0.2, -0.15) is 0 Å². The van der Waals surface area contributed by atoms with Gasteiger partial charge >= 0.3 is 0 Å². The van der Waals surface area contributed by atoms with E-state index in [1.54, 1.807) is 0 Å². The molecule has 0 unspecified atom stereocenters. The average Bonchev–Trinajstić information content (AvgIpc) is 2.54. The summed E-state index contributed by atoms with van der Waals surface area (Å²) in [6.45, 7) is 10.9. The van der Waals surface area contributed by atoms with Crippen molar-refractivity contribution in [1.29, 1.82) is 0 Å². The number of benzene rings is 1. The Labute approximate surface area is 151 Å². The number of anilines is 1. The molecular formula is C19H31ClN3O+. The third-order valence-corrected chi connectivity index (χ3v) is 4.98. The minimum atomic E-state index is 0.174. The number of rotatable bonds is 7. The molecule has 1 aromatic rings. The minimum Gasteiger partial charge on any atom is -0.359 e. The molecule has 1 heterocycles. The molecule has 1 atom stereocenters. The lowest BCUT2D eigenvalue weighted by atomic mass is 10.0. The molecule has 1 aromatic carbocycles. The average molecular weight is 353 g/mol. The fourth-order valence-corrected chi connectivity index (χ4v) is 3.41. The Morgan fingerprint density at radius 2 is 1.88 bits per heavy atom. The first kappa shape index (κ1) is 19.1. The van der Waals surface area contributed by atoms with Crippen LogP contribution in [0.1, 0.15) is 33.6 Å². The lowest BCUT2D eigenvalue weighted by Gasteiger charge is -2.34. The molecule has 1 fully saturated rings. The number of nitrogens with one attached hydrogen (secondary N) is 2. The van der Waals surface area contributed by atoms with Gasteiger partial charge in [0, 0.05) is 6.04 Å². The molecule has 134 valence electrons. The Kier molecular flexibility index (Phi) is 7.38. The molecule has 1 amide bonds. The van der Waals surface area contributed by atoms with Crippen LogP contribution in [-0.2, 0) is 4.79 Å². The zero-order chi connectivity index (χ0) is 17.5. The topological polar surface area (TPSA) is 36.8 Å². The van der Waals surface area contributed by atoms with Crippen molar-refractivity contribution >= 4 is 23.2 Å². The first-order valence-corrected chi connectivity index (χ1v) is 9.46. The maximum absolute atomic E-state index is 12.2. The largest absolute Gasteiger partial charge is 0.359 e. The number of amides is 1. The number of hydrogen-bond donors (Lipinski definition) is 2. The number of hydrogen-bond acceptors (Lipinski definition) is 2. The van der Waals surface area contributed by atoms with Crippen molar-refractivity contribution in [2.75, 3.05) is 37.6 Å². The molecule has 0 aromatic heterocycles. The van der Waals surface area contributed by atoms with Crippen molar-refractivity contribution in [3.05, 3.63) is 29.3 Å². The van der Waals surface area contributed by atoms with Crippen molar-refractivity contribution in [2.24, 2.45) is 5.92 Å². The lowest BCUT2D eigenvalue weighted by molar-refractivity contribution is -0.892. The number of nitrogens with zero attached hydrogens (tertiary/aromatic N) is 1. The second kappa shape index (κ2) is 9.28. The zero-order valence-corrected chi connectivity index (χ0v) is 15.9. The van der Waals surface area contributed by atoms with Crippen LogP contribution in [0.2, 0.25) is 5.02 Å². The predicted octanol–water partition coefficient (Wildman–Crippen LogP) is 1.99. The highest BCUT2D eigenvalue weighted by atomic mass is 35.5. The van der Waals surface area contributed by atoms with Crippen LogP contribution in [-0.4, -0.2) is 44.7 Å². The molecule has 0 saturated carbocycles. The summed E-state index contributed by atoms with van der Waals surface area (Å²) < 4.78 is 0. The molecule has 5 heteroatoms. The maximum Gasteiger partial charge on any atom is 0.275 e. The summed E-state index contributed by atoms with van der Waals surface area (Å²) in [5.74, 6) is 0.861. The Bertz CT molecular complexity index is 527. The normalized spacial score (nSPS) is 17.1. The highest BCUT2D eigenvalue weighted by Gasteiger charge is 2.23. The van der Waals surface area contributed by atoms with Gasteiger partial charge in [-0.1, -0.05) is 37.6 Å². The van der Waals surface area contributed by atoms with E-state index in [0.29, 0.717) is 12.5 Å². The third kappa shape index (κ3) is 5.99. The predicted molar refractivity (Wildman–Crippen MR) is 101 cm³/mol. The second-order valence-electron chi connectivity index (χ2n) is 7.30. The van der Waals surface area contributed by atoms with Crippen molar-refractivity contribution < 1.29 is 9.69 Å². The Morgan fingerprint density at radius 1 is 1.21 bits per heavy atom. The highest BCUT2D eigenvalue weighted by Crippen LogP contribution is 2.24. The van der Waals surface area contributed by atoms with E-state index in [9.17, 15) is 4.79 Å². The van der Waals surface area contributed by atoms with E-state index < -0.39 is 0 Å². The van der Waals surface area contributed by atoms with Crippen LogP contribution in [0, 0.1) is 5.92 Å². The summed E-state index contributed by atoms with van der Waals surface area (Å²) in [5.41, 5.74) is 1.10. The van der Waals surface area contributed by atoms with Crippen molar-refractivity contribution in [2.45, 2.75) is 39.7 Å². The van der Waals surface area contributed by atoms with Gasteiger partial charge in [0.05, 0.1) is 36.9 Å². The molecule has 0 bridgehead atoms. The van der Waals surface area contributed by atoms with Crippen LogP contribution in [0.3, 0.4) is 0 Å². The molecule has 2 rings (SSSR count). The van der Waals surface area contributed by atoms with Gasteiger partial charge in [-0.3, -0.25) is 4.79 Å². The summed E-state index contributed by atoms with van der Waals surface area (Å²) in [7, 11) is 0. The van der Waals surface area contributed by atoms with Crippen LogP contribution in [0.5, 0.6) is 0 Å². The van der Waals surface area contributed by atoms with Gasteiger partial charge in [0.25, 0.3) is 5.91 Å². The molecule has 4 nitrogen and oxygen atoms in total. The van der Waals surface area contributed by atoms with Gasteiger partial charge < -0.3 is 15.1 Å². The summed E-state index contributed by atoms with van der Waals surface area (Å²) >= 11 is 6.27. The van der Waals surface area contributed by atoms with Crippen LogP contribution in [0.15, 0.2) is 24.3 Å². The van der Waals surface area contributed by atoms with Crippen LogP contribution >= 0.6 is 11.6 Å². The standard InChI is InChI=1S/C19H30ClN3O/c1-15(2)8-9-16(3)21-19(24)14-22-10-12-23(13-11-22)18-7-5-4-6-17(18)20/h4-7,15-16H,8-14H2,1-3H3,(H,21,24)/p+1/t16-/m0/s1. The number of halogens is 1. The van der Waals surface area contributed by atoms with Crippen LogP contribution in [0.4, 0.5) is 5.69 Å². The Balaban J connectivity index is 1.73. The maximum atomic E-state index is 12.2. The molecule has 0 aliphatic carbocycles. The number of piperazine rings is 1. The van der Waals surface area contributed by atoms with Gasteiger partial charge in [0.15, 0.2) is 6.54 Å². The molecule has 0 spiro atoms. The summed E-state index contributed by atoms with van der Waals surface area (Å²) in [4.78, 5) is 15.9. The zero-order valence-electron chi connectivity index (χ0n) is 15.1. The first-order chi connectivity index (χ1) is 11.5. The van der Waals surface area contributed by atoms with Crippen LogP contribution < -0.4 is 15.1 Å².